The van der Waals surface area contributed by atoms with Crippen molar-refractivity contribution in [3.63, 3.8) is 0 Å². The van der Waals surface area contributed by atoms with Crippen LogP contribution >= 0.6 is 0 Å². The van der Waals surface area contributed by atoms with E-state index in [1.807, 2.05) is 6.07 Å². The number of rotatable bonds is 5. The van der Waals surface area contributed by atoms with Crippen LogP contribution in [-0.4, -0.2) is 34.1 Å². The Kier molecular flexibility index (Phi) is 5.11. The van der Waals surface area contributed by atoms with Crippen LogP contribution in [0.3, 0.4) is 0 Å². The molecule has 7 heteroatoms. The summed E-state index contributed by atoms with van der Waals surface area (Å²) >= 11 is 0. The number of esters is 1. The van der Waals surface area contributed by atoms with Crippen molar-refractivity contribution in [2.45, 2.75) is 38.1 Å². The van der Waals surface area contributed by atoms with Crippen molar-refractivity contribution in [3.05, 3.63) is 35.9 Å². The molecule has 0 radical (unpaired) electrons. The minimum Gasteiger partial charge on any atom is -0.465 e. The zero-order chi connectivity index (χ0) is 19.5. The average Bonchev–Trinajstić information content (AvgIpc) is 3.06. The van der Waals surface area contributed by atoms with Crippen molar-refractivity contribution >= 4 is 23.3 Å². The average molecular weight is 377 g/mol. The highest BCUT2D eigenvalue weighted by Crippen LogP contribution is 2.43. The molecule has 2 bridgehead atoms. The van der Waals surface area contributed by atoms with Gasteiger partial charge in [-0.3, -0.25) is 0 Å². The summed E-state index contributed by atoms with van der Waals surface area (Å²) in [6, 6.07) is 2.18. The third-order valence-electron chi connectivity index (χ3n) is 5.61. The van der Waals surface area contributed by atoms with Gasteiger partial charge in [0.1, 0.15) is 22.9 Å². The highest BCUT2D eigenvalue weighted by Gasteiger charge is 2.34. The zero-order valence-electron chi connectivity index (χ0n) is 15.8. The van der Waals surface area contributed by atoms with Gasteiger partial charge in [0.25, 0.3) is 0 Å². The number of anilines is 3. The van der Waals surface area contributed by atoms with Crippen LogP contribution in [-0.2, 0) is 4.74 Å². The van der Waals surface area contributed by atoms with Crippen molar-refractivity contribution in [3.8, 4) is 12.3 Å². The smallest absolute Gasteiger partial charge is 0.341 e. The van der Waals surface area contributed by atoms with Gasteiger partial charge in [0.05, 0.1) is 25.2 Å². The maximum atomic E-state index is 12.2. The van der Waals surface area contributed by atoms with Gasteiger partial charge in [-0.1, -0.05) is 12.8 Å². The Labute approximate surface area is 164 Å². The highest BCUT2D eigenvalue weighted by atomic mass is 16.5. The summed E-state index contributed by atoms with van der Waals surface area (Å²) in [5.41, 5.74) is 1.62. The maximum absolute atomic E-state index is 12.2. The first kappa shape index (κ1) is 18.2. The van der Waals surface area contributed by atoms with E-state index in [0.717, 1.165) is 30.4 Å². The molecule has 0 aromatic carbocycles. The first-order chi connectivity index (χ1) is 13.6. The number of nitrogens with zero attached hydrogens (tertiary/aromatic N) is 3. The summed E-state index contributed by atoms with van der Waals surface area (Å²) in [4.78, 5) is 24.9. The largest absolute Gasteiger partial charge is 0.465 e. The molecule has 144 valence electrons. The predicted molar refractivity (Wildman–Crippen MR) is 106 cm³/mol. The molecule has 2 aromatic rings. The number of terminal acetylenes is 1. The number of pyridine rings is 1. The number of ether oxygens (including phenoxy) is 1. The van der Waals surface area contributed by atoms with Crippen LogP contribution in [0.5, 0.6) is 0 Å². The number of fused-ring (bicyclic) bond motifs is 2. The fourth-order valence-corrected chi connectivity index (χ4v) is 4.36. The van der Waals surface area contributed by atoms with Crippen LogP contribution in [0.1, 0.15) is 48.2 Å². The summed E-state index contributed by atoms with van der Waals surface area (Å²) in [6.45, 7) is 0. The van der Waals surface area contributed by atoms with Crippen molar-refractivity contribution < 1.29 is 9.53 Å². The van der Waals surface area contributed by atoms with Gasteiger partial charge < -0.3 is 15.4 Å². The number of aromatic nitrogens is 3. The number of nitrogens with one attached hydrogen (secondary N) is 2. The van der Waals surface area contributed by atoms with Gasteiger partial charge in [0, 0.05) is 18.3 Å². The quantitative estimate of drug-likeness (QED) is 0.610. The second-order valence-corrected chi connectivity index (χ2v) is 7.52. The SMILES string of the molecule is C#Cc1cnc(Nc2cc(NC3C[C@H]4CC[C@@H](C3)C4)c(C(=O)OC)cn2)cn1. The van der Waals surface area contributed by atoms with Gasteiger partial charge in [-0.2, -0.15) is 0 Å². The fourth-order valence-electron chi connectivity index (χ4n) is 4.36. The number of hydrogen-bond acceptors (Lipinski definition) is 7. The van der Waals surface area contributed by atoms with Crippen LogP contribution in [0.2, 0.25) is 0 Å². The molecule has 2 aliphatic rings. The number of methoxy groups -OCH3 is 1. The van der Waals surface area contributed by atoms with E-state index < -0.39 is 5.97 Å². The third-order valence-corrected chi connectivity index (χ3v) is 5.61. The third kappa shape index (κ3) is 3.91. The summed E-state index contributed by atoms with van der Waals surface area (Å²) in [5.74, 6) is 4.71. The van der Waals surface area contributed by atoms with Gasteiger partial charge in [-0.15, -0.1) is 6.42 Å². The van der Waals surface area contributed by atoms with Crippen LogP contribution < -0.4 is 10.6 Å². The molecule has 2 N–H and O–H groups in total. The second kappa shape index (κ2) is 7.85. The topological polar surface area (TPSA) is 89.0 Å². The summed E-state index contributed by atoms with van der Waals surface area (Å²) in [7, 11) is 1.38. The normalized spacial score (nSPS) is 22.9. The van der Waals surface area contributed by atoms with Gasteiger partial charge >= 0.3 is 5.97 Å². The summed E-state index contributed by atoms with van der Waals surface area (Å²) in [5, 5.41) is 6.67. The van der Waals surface area contributed by atoms with E-state index in [1.54, 1.807) is 6.20 Å². The zero-order valence-corrected chi connectivity index (χ0v) is 15.8. The summed E-state index contributed by atoms with van der Waals surface area (Å²) in [6.07, 6.45) is 16.2. The van der Waals surface area contributed by atoms with Crippen molar-refractivity contribution in [2.24, 2.45) is 11.8 Å². The molecule has 0 saturated heterocycles. The van der Waals surface area contributed by atoms with Crippen LogP contribution in [0.15, 0.2) is 24.7 Å². The molecule has 2 aliphatic carbocycles. The highest BCUT2D eigenvalue weighted by molar-refractivity contribution is 5.96. The molecule has 0 aliphatic heterocycles. The Bertz CT molecular complexity index is 894. The lowest BCUT2D eigenvalue weighted by atomic mass is 9.85. The first-order valence-electron chi connectivity index (χ1n) is 9.55. The first-order valence-corrected chi connectivity index (χ1v) is 9.55. The Balaban J connectivity index is 1.56. The van der Waals surface area contributed by atoms with Gasteiger partial charge in [0.2, 0.25) is 0 Å². The van der Waals surface area contributed by atoms with Crippen LogP contribution in [0.25, 0.3) is 0 Å². The van der Waals surface area contributed by atoms with Crippen molar-refractivity contribution in [2.75, 3.05) is 17.7 Å². The van der Waals surface area contributed by atoms with Gasteiger partial charge in [0.15, 0.2) is 0 Å². The molecule has 0 spiro atoms. The van der Waals surface area contributed by atoms with E-state index in [1.165, 1.54) is 38.8 Å². The number of hydrogen-bond donors (Lipinski definition) is 2. The van der Waals surface area contributed by atoms with Crippen molar-refractivity contribution in [1.29, 1.82) is 0 Å². The molecule has 7 nitrogen and oxygen atoms in total. The molecular formula is C21H23N5O2. The molecule has 3 atom stereocenters. The van der Waals surface area contributed by atoms with E-state index in [-0.39, 0.29) is 0 Å². The molecule has 0 amide bonds. The summed E-state index contributed by atoms with van der Waals surface area (Å²) < 4.78 is 4.92. The molecule has 2 aromatic heterocycles. The minimum absolute atomic E-state index is 0.361. The van der Waals surface area contributed by atoms with Gasteiger partial charge in [-0.05, 0) is 37.0 Å². The lowest BCUT2D eigenvalue weighted by Crippen LogP contribution is -2.29. The van der Waals surface area contributed by atoms with Crippen molar-refractivity contribution in [1.82, 2.24) is 15.0 Å². The minimum atomic E-state index is -0.404. The van der Waals surface area contributed by atoms with E-state index in [0.29, 0.717) is 28.9 Å². The van der Waals surface area contributed by atoms with Gasteiger partial charge in [-0.25, -0.2) is 19.7 Å². The molecule has 28 heavy (non-hydrogen) atoms. The van der Waals surface area contributed by atoms with E-state index >= 15 is 0 Å². The van der Waals surface area contributed by atoms with E-state index in [4.69, 9.17) is 11.2 Å². The van der Waals surface area contributed by atoms with Crippen LogP contribution in [0.4, 0.5) is 17.3 Å². The maximum Gasteiger partial charge on any atom is 0.341 e. The Hall–Kier alpha value is -3.14. The van der Waals surface area contributed by atoms with Crippen LogP contribution in [0, 0.1) is 24.2 Å². The molecule has 1 unspecified atom stereocenters. The van der Waals surface area contributed by atoms with E-state index in [9.17, 15) is 4.79 Å². The predicted octanol–water partition coefficient (Wildman–Crippen LogP) is 3.37. The molecule has 4 rings (SSSR count). The Morgan fingerprint density at radius 2 is 1.86 bits per heavy atom. The molecule has 2 saturated carbocycles. The second-order valence-electron chi connectivity index (χ2n) is 7.52. The fraction of sp³-hybridized carbons (Fsp3) is 0.429. The molecule has 2 fully saturated rings. The lowest BCUT2D eigenvalue weighted by molar-refractivity contribution is 0.0601. The standard InChI is InChI=1S/C21H23N5O2/c1-3-15-10-23-20(12-22-15)26-19-9-18(17(11-24-19)21(27)28-2)25-16-7-13-4-5-14(6-13)8-16/h1,9-14,16H,4-8H2,2H3,(H2,23,24,25,26)/t13-,14+,16?. The monoisotopic (exact) mass is 377 g/mol. The molecule has 2 heterocycles. The number of carbonyl (C=O) groups excluding carboxylic acids is 1. The molecular weight excluding hydrogens is 354 g/mol. The van der Waals surface area contributed by atoms with E-state index in [2.05, 4.69) is 31.5 Å². The number of carbonyl (C=O) groups is 1. The lowest BCUT2D eigenvalue weighted by Gasteiger charge is -2.29. The Morgan fingerprint density at radius 1 is 1.11 bits per heavy atom. The Morgan fingerprint density at radius 3 is 2.50 bits per heavy atom.